The van der Waals surface area contributed by atoms with Gasteiger partial charge in [0.25, 0.3) is 5.56 Å². The van der Waals surface area contributed by atoms with Gasteiger partial charge in [-0.05, 0) is 35.9 Å². The molecule has 2 aromatic carbocycles. The van der Waals surface area contributed by atoms with Gasteiger partial charge in [-0.3, -0.25) is 4.79 Å². The number of rotatable bonds is 4. The van der Waals surface area contributed by atoms with Crippen molar-refractivity contribution in [3.8, 4) is 45.8 Å². The standard InChI is InChI=1S/C24H19N3O4/c1-27-20-7-5-4-6-16(20)22(28)21(24(27)29)19-12-17(18(13-25)23(26-19)31-3)14-8-10-15(30-2)11-9-14/h4-12,28H,1-3H3. The predicted octanol–water partition coefficient (Wildman–Crippen LogP) is 3.86. The van der Waals surface area contributed by atoms with Crippen molar-refractivity contribution in [2.24, 2.45) is 7.05 Å². The number of aromatic hydroxyl groups is 1. The fourth-order valence-electron chi connectivity index (χ4n) is 3.61. The van der Waals surface area contributed by atoms with Crippen LogP contribution in [0.2, 0.25) is 0 Å². The molecule has 0 fully saturated rings. The van der Waals surface area contributed by atoms with Crippen LogP contribution in [-0.2, 0) is 7.05 Å². The van der Waals surface area contributed by atoms with Gasteiger partial charge >= 0.3 is 0 Å². The normalized spacial score (nSPS) is 10.6. The van der Waals surface area contributed by atoms with E-state index in [1.807, 2.05) is 0 Å². The molecule has 0 aliphatic carbocycles. The maximum Gasteiger partial charge on any atom is 0.264 e. The predicted molar refractivity (Wildman–Crippen MR) is 117 cm³/mol. The van der Waals surface area contributed by atoms with Crippen LogP contribution in [0.3, 0.4) is 0 Å². The number of fused-ring (bicyclic) bond motifs is 1. The summed E-state index contributed by atoms with van der Waals surface area (Å²) in [6.45, 7) is 0. The highest BCUT2D eigenvalue weighted by Crippen LogP contribution is 2.37. The summed E-state index contributed by atoms with van der Waals surface area (Å²) < 4.78 is 12.0. The zero-order chi connectivity index (χ0) is 22.1. The quantitative estimate of drug-likeness (QED) is 0.546. The molecule has 4 aromatic rings. The number of hydrogen-bond acceptors (Lipinski definition) is 6. The summed E-state index contributed by atoms with van der Waals surface area (Å²) in [5.41, 5.74) is 1.93. The second-order valence-electron chi connectivity index (χ2n) is 6.88. The largest absolute Gasteiger partial charge is 0.506 e. The molecule has 0 aliphatic heterocycles. The van der Waals surface area contributed by atoms with E-state index in [0.29, 0.717) is 22.2 Å². The molecule has 0 aliphatic rings. The lowest BCUT2D eigenvalue weighted by Gasteiger charge is -2.15. The zero-order valence-electron chi connectivity index (χ0n) is 17.2. The van der Waals surface area contributed by atoms with Crippen LogP contribution in [0.15, 0.2) is 59.4 Å². The molecule has 2 heterocycles. The van der Waals surface area contributed by atoms with Crippen LogP contribution in [0.1, 0.15) is 5.56 Å². The van der Waals surface area contributed by atoms with E-state index in [1.165, 1.54) is 11.7 Å². The fourth-order valence-corrected chi connectivity index (χ4v) is 3.61. The summed E-state index contributed by atoms with van der Waals surface area (Å²) in [5.74, 6) is 0.573. The van der Waals surface area contributed by atoms with E-state index in [4.69, 9.17) is 9.47 Å². The molecule has 31 heavy (non-hydrogen) atoms. The molecule has 0 spiro atoms. The van der Waals surface area contributed by atoms with Crippen LogP contribution in [0.25, 0.3) is 33.3 Å². The maximum atomic E-state index is 13.1. The first kappa shape index (κ1) is 20.0. The SMILES string of the molecule is COc1ccc(-c2cc(-c3c(O)c4ccccc4n(C)c3=O)nc(OC)c2C#N)cc1. The van der Waals surface area contributed by atoms with E-state index in [1.54, 1.807) is 68.8 Å². The number of aromatic nitrogens is 2. The van der Waals surface area contributed by atoms with Crippen LogP contribution in [-0.4, -0.2) is 28.9 Å². The average Bonchev–Trinajstić information content (AvgIpc) is 2.82. The third kappa shape index (κ3) is 3.24. The topological polar surface area (TPSA) is 97.4 Å². The second kappa shape index (κ2) is 7.84. The van der Waals surface area contributed by atoms with Crippen molar-refractivity contribution in [3.63, 3.8) is 0 Å². The van der Waals surface area contributed by atoms with E-state index >= 15 is 0 Å². The van der Waals surface area contributed by atoms with E-state index in [2.05, 4.69) is 11.1 Å². The fraction of sp³-hybridized carbons (Fsp3) is 0.125. The van der Waals surface area contributed by atoms with Crippen LogP contribution >= 0.6 is 0 Å². The highest BCUT2D eigenvalue weighted by atomic mass is 16.5. The smallest absolute Gasteiger partial charge is 0.264 e. The summed E-state index contributed by atoms with van der Waals surface area (Å²) in [7, 11) is 4.61. The van der Waals surface area contributed by atoms with Crippen LogP contribution in [0, 0.1) is 11.3 Å². The monoisotopic (exact) mass is 413 g/mol. The summed E-state index contributed by atoms with van der Waals surface area (Å²) in [5, 5.41) is 21.2. The molecule has 0 saturated carbocycles. The Morgan fingerprint density at radius 1 is 1.06 bits per heavy atom. The minimum absolute atomic E-state index is 0.0405. The number of pyridine rings is 2. The Labute approximate surface area is 178 Å². The van der Waals surface area contributed by atoms with Crippen molar-refractivity contribution in [2.45, 2.75) is 0 Å². The summed E-state index contributed by atoms with van der Waals surface area (Å²) >= 11 is 0. The molecule has 7 heteroatoms. The van der Waals surface area contributed by atoms with Crippen molar-refractivity contribution in [2.75, 3.05) is 14.2 Å². The van der Waals surface area contributed by atoms with E-state index in [0.717, 1.165) is 5.56 Å². The minimum Gasteiger partial charge on any atom is -0.506 e. The molecule has 0 atom stereocenters. The summed E-state index contributed by atoms with van der Waals surface area (Å²) in [6.07, 6.45) is 0. The minimum atomic E-state index is -0.406. The highest BCUT2D eigenvalue weighted by molar-refractivity contribution is 5.92. The third-order valence-corrected chi connectivity index (χ3v) is 5.22. The Morgan fingerprint density at radius 3 is 2.42 bits per heavy atom. The van der Waals surface area contributed by atoms with Crippen molar-refractivity contribution >= 4 is 10.9 Å². The van der Waals surface area contributed by atoms with Gasteiger partial charge in [0.15, 0.2) is 0 Å². The lowest BCUT2D eigenvalue weighted by Crippen LogP contribution is -2.19. The second-order valence-corrected chi connectivity index (χ2v) is 6.88. The van der Waals surface area contributed by atoms with Crippen molar-refractivity contribution in [1.82, 2.24) is 9.55 Å². The molecule has 7 nitrogen and oxygen atoms in total. The van der Waals surface area contributed by atoms with Gasteiger partial charge in [-0.1, -0.05) is 24.3 Å². The number of para-hydroxylation sites is 1. The number of nitriles is 1. The molecule has 0 saturated heterocycles. The Balaban J connectivity index is 2.05. The first-order valence-corrected chi connectivity index (χ1v) is 9.44. The first-order chi connectivity index (χ1) is 15.0. The molecule has 154 valence electrons. The van der Waals surface area contributed by atoms with Gasteiger partial charge < -0.3 is 19.1 Å². The molecule has 0 unspecified atom stereocenters. The average molecular weight is 413 g/mol. The Morgan fingerprint density at radius 2 is 1.77 bits per heavy atom. The number of hydrogen-bond donors (Lipinski definition) is 1. The Hall–Kier alpha value is -4.31. The van der Waals surface area contributed by atoms with Gasteiger partial charge in [0, 0.05) is 18.0 Å². The summed E-state index contributed by atoms with van der Waals surface area (Å²) in [6, 6.07) is 18.0. The maximum absolute atomic E-state index is 13.1. The van der Waals surface area contributed by atoms with Gasteiger partial charge in [0.05, 0.1) is 25.4 Å². The van der Waals surface area contributed by atoms with Gasteiger partial charge in [-0.25, -0.2) is 4.98 Å². The van der Waals surface area contributed by atoms with Crippen LogP contribution in [0.4, 0.5) is 0 Å². The van der Waals surface area contributed by atoms with E-state index < -0.39 is 5.56 Å². The number of benzene rings is 2. The number of nitrogens with zero attached hydrogens (tertiary/aromatic N) is 3. The van der Waals surface area contributed by atoms with E-state index in [-0.39, 0.29) is 28.5 Å². The lowest BCUT2D eigenvalue weighted by molar-refractivity contribution is 0.397. The Bertz CT molecular complexity index is 1400. The molecule has 4 rings (SSSR count). The van der Waals surface area contributed by atoms with Crippen LogP contribution in [0.5, 0.6) is 17.4 Å². The molecule has 0 radical (unpaired) electrons. The van der Waals surface area contributed by atoms with Crippen molar-refractivity contribution in [1.29, 1.82) is 5.26 Å². The number of methoxy groups -OCH3 is 2. The molecule has 0 bridgehead atoms. The van der Waals surface area contributed by atoms with E-state index in [9.17, 15) is 15.2 Å². The van der Waals surface area contributed by atoms with Gasteiger partial charge in [0.1, 0.15) is 28.7 Å². The molecule has 2 aromatic heterocycles. The molecule has 0 amide bonds. The van der Waals surface area contributed by atoms with Crippen molar-refractivity contribution < 1.29 is 14.6 Å². The van der Waals surface area contributed by atoms with Crippen LogP contribution < -0.4 is 15.0 Å². The lowest BCUT2D eigenvalue weighted by atomic mass is 9.98. The summed E-state index contributed by atoms with van der Waals surface area (Å²) in [4.78, 5) is 17.5. The molecule has 1 N–H and O–H groups in total. The molecular weight excluding hydrogens is 394 g/mol. The van der Waals surface area contributed by atoms with Gasteiger partial charge in [-0.15, -0.1) is 0 Å². The Kier molecular flexibility index (Phi) is 5.05. The highest BCUT2D eigenvalue weighted by Gasteiger charge is 2.22. The first-order valence-electron chi connectivity index (χ1n) is 9.44. The zero-order valence-corrected chi connectivity index (χ0v) is 17.2. The number of ether oxygens (including phenoxy) is 2. The number of aryl methyl sites for hydroxylation is 1. The molecular formula is C24H19N3O4. The van der Waals surface area contributed by atoms with Gasteiger partial charge in [0.2, 0.25) is 5.88 Å². The van der Waals surface area contributed by atoms with Crippen molar-refractivity contribution in [3.05, 3.63) is 70.5 Å². The third-order valence-electron chi connectivity index (χ3n) is 5.22. The van der Waals surface area contributed by atoms with Gasteiger partial charge in [-0.2, -0.15) is 5.26 Å².